The lowest BCUT2D eigenvalue weighted by Gasteiger charge is -2.24. The lowest BCUT2D eigenvalue weighted by atomic mass is 10.1. The molecule has 5 heteroatoms. The minimum Gasteiger partial charge on any atom is -0.496 e. The van der Waals surface area contributed by atoms with Crippen LogP contribution in [0.15, 0.2) is 83.7 Å². The number of carbonyl (C=O) groups excluding carboxylic acids is 1. The molecule has 1 heterocycles. The highest BCUT2D eigenvalue weighted by atomic mass is 16.5. The maximum Gasteiger partial charge on any atom is 0.262 e. The van der Waals surface area contributed by atoms with Gasteiger partial charge in [0.2, 0.25) is 0 Å². The minimum absolute atomic E-state index is 0.139. The second-order valence-electron chi connectivity index (χ2n) is 7.14. The van der Waals surface area contributed by atoms with E-state index in [9.17, 15) is 9.59 Å². The lowest BCUT2D eigenvalue weighted by Crippen LogP contribution is -2.33. The number of ether oxygens (including phenoxy) is 1. The zero-order valence-electron chi connectivity index (χ0n) is 16.9. The fourth-order valence-electron chi connectivity index (χ4n) is 3.45. The Hall–Kier alpha value is -3.86. The van der Waals surface area contributed by atoms with Gasteiger partial charge in [0.05, 0.1) is 19.2 Å². The van der Waals surface area contributed by atoms with E-state index in [1.165, 1.54) is 7.11 Å². The number of fused-ring (bicyclic) bond motifs is 1. The summed E-state index contributed by atoms with van der Waals surface area (Å²) in [6.07, 6.45) is 0. The van der Waals surface area contributed by atoms with E-state index >= 15 is 0 Å². The largest absolute Gasteiger partial charge is 0.496 e. The first-order valence-corrected chi connectivity index (χ1v) is 9.69. The molecule has 1 amide bonds. The molecule has 4 rings (SSSR count). The van der Waals surface area contributed by atoms with Crippen molar-refractivity contribution in [2.45, 2.75) is 13.5 Å². The van der Waals surface area contributed by atoms with E-state index in [1.54, 1.807) is 23.1 Å². The van der Waals surface area contributed by atoms with Gasteiger partial charge in [-0.05, 0) is 48.7 Å². The van der Waals surface area contributed by atoms with E-state index in [0.29, 0.717) is 22.6 Å². The molecular formula is C25H22N2O3. The van der Waals surface area contributed by atoms with Gasteiger partial charge in [-0.15, -0.1) is 0 Å². The van der Waals surface area contributed by atoms with Crippen LogP contribution in [0.4, 0.5) is 5.69 Å². The van der Waals surface area contributed by atoms with Crippen molar-refractivity contribution < 1.29 is 9.53 Å². The summed E-state index contributed by atoms with van der Waals surface area (Å²) in [5, 5.41) is 0.917. The van der Waals surface area contributed by atoms with Crippen molar-refractivity contribution in [1.82, 2.24) is 4.98 Å². The monoisotopic (exact) mass is 398 g/mol. The Balaban J connectivity index is 1.80. The van der Waals surface area contributed by atoms with Crippen LogP contribution in [0.3, 0.4) is 0 Å². The van der Waals surface area contributed by atoms with Crippen molar-refractivity contribution in [2.24, 2.45) is 0 Å². The summed E-state index contributed by atoms with van der Waals surface area (Å²) in [4.78, 5) is 30.8. The van der Waals surface area contributed by atoms with Crippen molar-refractivity contribution in [1.29, 1.82) is 0 Å². The molecule has 0 saturated carbocycles. The molecule has 0 aliphatic rings. The van der Waals surface area contributed by atoms with E-state index in [2.05, 4.69) is 4.98 Å². The lowest BCUT2D eigenvalue weighted by molar-refractivity contribution is 0.0982. The summed E-state index contributed by atoms with van der Waals surface area (Å²) in [5.41, 5.74) is 3.31. The Kier molecular flexibility index (Phi) is 5.35. The van der Waals surface area contributed by atoms with E-state index in [-0.39, 0.29) is 18.0 Å². The van der Waals surface area contributed by atoms with E-state index < -0.39 is 0 Å². The number of aromatic amines is 1. The smallest absolute Gasteiger partial charge is 0.262 e. The van der Waals surface area contributed by atoms with Crippen LogP contribution in [0.25, 0.3) is 10.9 Å². The molecule has 1 aromatic heterocycles. The number of nitrogens with one attached hydrogen (secondary N) is 1. The summed E-state index contributed by atoms with van der Waals surface area (Å²) in [7, 11) is 1.54. The predicted octanol–water partition coefficient (Wildman–Crippen LogP) is 4.69. The van der Waals surface area contributed by atoms with Crippen LogP contribution in [0.2, 0.25) is 0 Å². The van der Waals surface area contributed by atoms with Crippen LogP contribution >= 0.6 is 0 Å². The van der Waals surface area contributed by atoms with Gasteiger partial charge in [-0.1, -0.05) is 48.0 Å². The predicted molar refractivity (Wildman–Crippen MR) is 119 cm³/mol. The van der Waals surface area contributed by atoms with Crippen molar-refractivity contribution in [3.63, 3.8) is 0 Å². The average Bonchev–Trinajstić information content (AvgIpc) is 2.78. The number of methoxy groups -OCH3 is 1. The van der Waals surface area contributed by atoms with Crippen LogP contribution in [-0.2, 0) is 6.54 Å². The van der Waals surface area contributed by atoms with Gasteiger partial charge >= 0.3 is 0 Å². The molecule has 5 nitrogen and oxygen atoms in total. The molecule has 0 atom stereocenters. The number of hydrogen-bond donors (Lipinski definition) is 1. The van der Waals surface area contributed by atoms with Crippen molar-refractivity contribution in [3.05, 3.63) is 106 Å². The molecule has 30 heavy (non-hydrogen) atoms. The van der Waals surface area contributed by atoms with Crippen LogP contribution in [-0.4, -0.2) is 18.0 Å². The van der Waals surface area contributed by atoms with Crippen LogP contribution in [0, 0.1) is 6.92 Å². The maximum absolute atomic E-state index is 13.5. The Bertz CT molecular complexity index is 1260. The van der Waals surface area contributed by atoms with Crippen LogP contribution in [0.5, 0.6) is 5.75 Å². The van der Waals surface area contributed by atoms with Crippen molar-refractivity contribution in [3.8, 4) is 5.75 Å². The fourth-order valence-corrected chi connectivity index (χ4v) is 3.45. The number of H-pyrrole nitrogens is 1. The molecule has 0 spiro atoms. The highest BCUT2D eigenvalue weighted by molar-refractivity contribution is 6.07. The molecule has 3 aromatic carbocycles. The van der Waals surface area contributed by atoms with Crippen molar-refractivity contribution in [2.75, 3.05) is 12.0 Å². The molecule has 0 bridgehead atoms. The molecule has 0 radical (unpaired) electrons. The Labute approximate surface area is 174 Å². The number of benzene rings is 3. The van der Waals surface area contributed by atoms with Gasteiger partial charge in [-0.3, -0.25) is 9.59 Å². The van der Waals surface area contributed by atoms with E-state index in [0.717, 1.165) is 16.5 Å². The first-order chi connectivity index (χ1) is 14.6. The molecule has 0 saturated heterocycles. The molecular weight excluding hydrogens is 376 g/mol. The molecule has 0 aliphatic heterocycles. The third-order valence-electron chi connectivity index (χ3n) is 5.09. The molecule has 1 N–H and O–H groups in total. The maximum atomic E-state index is 13.5. The van der Waals surface area contributed by atoms with Gasteiger partial charge in [-0.25, -0.2) is 0 Å². The standard InChI is InChI=1S/C25H22N2O3/c1-17-11-13-20(14-12-17)27(25(29)21-8-4-6-10-23(21)30-2)16-19-15-18-7-3-5-9-22(18)26-24(19)28/h3-15H,16H2,1-2H3,(H,26,28). The Morgan fingerprint density at radius 2 is 1.67 bits per heavy atom. The Morgan fingerprint density at radius 1 is 0.967 bits per heavy atom. The number of rotatable bonds is 5. The highest BCUT2D eigenvalue weighted by Gasteiger charge is 2.22. The number of aryl methyl sites for hydroxylation is 1. The quantitative estimate of drug-likeness (QED) is 0.530. The summed E-state index contributed by atoms with van der Waals surface area (Å²) in [5.74, 6) is 0.260. The number of amides is 1. The number of aromatic nitrogens is 1. The number of nitrogens with zero attached hydrogens (tertiary/aromatic N) is 1. The first-order valence-electron chi connectivity index (χ1n) is 9.69. The number of anilines is 1. The molecule has 0 fully saturated rings. The molecule has 0 aliphatic carbocycles. The van der Waals surface area contributed by atoms with Gasteiger partial charge in [-0.2, -0.15) is 0 Å². The molecule has 4 aromatic rings. The normalized spacial score (nSPS) is 10.7. The number of hydrogen-bond acceptors (Lipinski definition) is 3. The third kappa shape index (κ3) is 3.82. The van der Waals surface area contributed by atoms with Gasteiger partial charge in [0.1, 0.15) is 5.75 Å². The summed E-state index contributed by atoms with van der Waals surface area (Å²) in [6.45, 7) is 2.13. The summed E-state index contributed by atoms with van der Waals surface area (Å²) in [6, 6.07) is 24.2. The second kappa shape index (κ2) is 8.25. The van der Waals surface area contributed by atoms with Crippen LogP contribution < -0.4 is 15.2 Å². The summed E-state index contributed by atoms with van der Waals surface area (Å²) < 4.78 is 5.39. The zero-order chi connectivity index (χ0) is 21.1. The van der Waals surface area contributed by atoms with Crippen LogP contribution in [0.1, 0.15) is 21.5 Å². The van der Waals surface area contributed by atoms with E-state index in [1.807, 2.05) is 67.6 Å². The average molecular weight is 398 g/mol. The van der Waals surface area contributed by atoms with E-state index in [4.69, 9.17) is 4.74 Å². The van der Waals surface area contributed by atoms with Gasteiger partial charge in [0.15, 0.2) is 0 Å². The number of pyridine rings is 1. The first kappa shape index (κ1) is 19.5. The van der Waals surface area contributed by atoms with Gasteiger partial charge in [0.25, 0.3) is 11.5 Å². The van der Waals surface area contributed by atoms with Gasteiger partial charge < -0.3 is 14.6 Å². The minimum atomic E-state index is -0.233. The summed E-state index contributed by atoms with van der Waals surface area (Å²) >= 11 is 0. The van der Waals surface area contributed by atoms with Crippen molar-refractivity contribution >= 4 is 22.5 Å². The number of para-hydroxylation sites is 2. The SMILES string of the molecule is COc1ccccc1C(=O)N(Cc1cc2ccccc2[nH]c1=O)c1ccc(C)cc1. The topological polar surface area (TPSA) is 62.4 Å². The van der Waals surface area contributed by atoms with Gasteiger partial charge in [0, 0.05) is 16.8 Å². The number of carbonyl (C=O) groups is 1. The molecule has 0 unspecified atom stereocenters. The Morgan fingerprint density at radius 3 is 2.43 bits per heavy atom. The fraction of sp³-hybridized carbons (Fsp3) is 0.120. The second-order valence-corrected chi connectivity index (χ2v) is 7.14. The third-order valence-corrected chi connectivity index (χ3v) is 5.09. The molecule has 150 valence electrons. The zero-order valence-corrected chi connectivity index (χ0v) is 16.9. The highest BCUT2D eigenvalue weighted by Crippen LogP contribution is 2.25.